The van der Waals surface area contributed by atoms with E-state index in [1.807, 2.05) is 16.8 Å². The van der Waals surface area contributed by atoms with E-state index < -0.39 is 5.97 Å². The number of hydrogen-bond acceptors (Lipinski definition) is 2. The van der Waals surface area contributed by atoms with E-state index in [0.29, 0.717) is 19.4 Å². The summed E-state index contributed by atoms with van der Waals surface area (Å²) < 4.78 is 1.99. The fourth-order valence-electron chi connectivity index (χ4n) is 1.95. The van der Waals surface area contributed by atoms with Crippen LogP contribution >= 0.6 is 0 Å². The van der Waals surface area contributed by atoms with Crippen LogP contribution in [0, 0.1) is 0 Å². The van der Waals surface area contributed by atoms with Crippen LogP contribution in [0.3, 0.4) is 0 Å². The number of nitrogens with two attached hydrogens (primary N) is 1. The Labute approximate surface area is 104 Å². The predicted octanol–water partition coefficient (Wildman–Crippen LogP) is 1.60. The fourth-order valence-corrected chi connectivity index (χ4v) is 1.95. The summed E-state index contributed by atoms with van der Waals surface area (Å²) in [6.45, 7) is 0.693. The summed E-state index contributed by atoms with van der Waals surface area (Å²) in [5, 5.41) is 9.78. The maximum absolute atomic E-state index is 10.8. The Balaban J connectivity index is 2.20. The Morgan fingerprint density at radius 2 is 2.06 bits per heavy atom. The van der Waals surface area contributed by atoms with Gasteiger partial charge in [-0.1, -0.05) is 0 Å². The zero-order valence-corrected chi connectivity index (χ0v) is 9.80. The van der Waals surface area contributed by atoms with Crippen LogP contribution in [0.25, 0.3) is 10.9 Å². The molecule has 94 valence electrons. The van der Waals surface area contributed by atoms with E-state index in [-0.39, 0.29) is 11.5 Å². The molecular weight excluding hydrogens is 232 g/mol. The Bertz CT molecular complexity index is 601. The van der Waals surface area contributed by atoms with Crippen molar-refractivity contribution in [2.45, 2.75) is 19.4 Å². The van der Waals surface area contributed by atoms with Crippen LogP contribution in [0.15, 0.2) is 30.5 Å². The maximum Gasteiger partial charge on any atom is 0.335 e. The standard InChI is InChI=1S/C13H14N2O3/c14-12(16)2-1-6-15-7-5-9-8-10(13(17)18)3-4-11(9)15/h3-5,7-8H,1-2,6H2,(H2,14,16)(H,17,18). The molecule has 0 aliphatic carbocycles. The minimum Gasteiger partial charge on any atom is -0.478 e. The van der Waals surface area contributed by atoms with Gasteiger partial charge in [0.2, 0.25) is 5.91 Å². The Morgan fingerprint density at radius 1 is 1.28 bits per heavy atom. The van der Waals surface area contributed by atoms with Crippen molar-refractivity contribution < 1.29 is 14.7 Å². The molecule has 0 spiro atoms. The largest absolute Gasteiger partial charge is 0.478 e. The molecule has 0 unspecified atom stereocenters. The van der Waals surface area contributed by atoms with E-state index in [1.54, 1.807) is 18.2 Å². The number of carbonyl (C=O) groups is 2. The van der Waals surface area contributed by atoms with Crippen molar-refractivity contribution in [3.8, 4) is 0 Å². The molecule has 3 N–H and O–H groups in total. The lowest BCUT2D eigenvalue weighted by molar-refractivity contribution is -0.118. The first-order valence-electron chi connectivity index (χ1n) is 5.68. The van der Waals surface area contributed by atoms with E-state index in [9.17, 15) is 9.59 Å². The van der Waals surface area contributed by atoms with Crippen LogP contribution < -0.4 is 5.73 Å². The van der Waals surface area contributed by atoms with Crippen LogP contribution in [0.5, 0.6) is 0 Å². The number of aromatic nitrogens is 1. The van der Waals surface area contributed by atoms with Crippen molar-refractivity contribution in [3.05, 3.63) is 36.0 Å². The number of fused-ring (bicyclic) bond motifs is 1. The number of primary amides is 1. The number of benzene rings is 1. The van der Waals surface area contributed by atoms with Gasteiger partial charge in [-0.2, -0.15) is 0 Å². The number of amides is 1. The molecule has 0 saturated carbocycles. The van der Waals surface area contributed by atoms with Crippen molar-refractivity contribution in [2.24, 2.45) is 5.73 Å². The Morgan fingerprint density at radius 3 is 2.72 bits per heavy atom. The van der Waals surface area contributed by atoms with Gasteiger partial charge in [-0.15, -0.1) is 0 Å². The summed E-state index contributed by atoms with van der Waals surface area (Å²) in [5.41, 5.74) is 6.32. The summed E-state index contributed by atoms with van der Waals surface area (Å²) in [4.78, 5) is 21.5. The number of nitrogens with zero attached hydrogens (tertiary/aromatic N) is 1. The van der Waals surface area contributed by atoms with Crippen LogP contribution in [-0.4, -0.2) is 21.6 Å². The summed E-state index contributed by atoms with van der Waals surface area (Å²) >= 11 is 0. The molecule has 1 amide bonds. The van der Waals surface area contributed by atoms with E-state index in [1.165, 1.54) is 0 Å². The van der Waals surface area contributed by atoms with Crippen LogP contribution in [0.2, 0.25) is 0 Å². The average molecular weight is 246 g/mol. The molecular formula is C13H14N2O3. The number of aromatic carboxylic acids is 1. The molecule has 5 nitrogen and oxygen atoms in total. The van der Waals surface area contributed by atoms with Gasteiger partial charge >= 0.3 is 5.97 Å². The molecule has 0 aliphatic rings. The highest BCUT2D eigenvalue weighted by Gasteiger charge is 2.06. The van der Waals surface area contributed by atoms with Gasteiger partial charge < -0.3 is 15.4 Å². The first-order valence-corrected chi connectivity index (χ1v) is 5.68. The normalized spacial score (nSPS) is 10.7. The monoisotopic (exact) mass is 246 g/mol. The first kappa shape index (κ1) is 12.2. The number of carbonyl (C=O) groups excluding carboxylic acids is 1. The minimum atomic E-state index is -0.932. The smallest absolute Gasteiger partial charge is 0.335 e. The molecule has 5 heteroatoms. The third-order valence-corrected chi connectivity index (χ3v) is 2.84. The van der Waals surface area contributed by atoms with E-state index in [2.05, 4.69) is 0 Å². The number of aryl methyl sites for hydroxylation is 1. The summed E-state index contributed by atoms with van der Waals surface area (Å²) in [6, 6.07) is 6.87. The SMILES string of the molecule is NC(=O)CCCn1ccc2cc(C(=O)O)ccc21. The Kier molecular flexibility index (Phi) is 3.32. The third-order valence-electron chi connectivity index (χ3n) is 2.84. The molecule has 0 radical (unpaired) electrons. The van der Waals surface area contributed by atoms with Crippen LogP contribution in [0.4, 0.5) is 0 Å². The highest BCUT2D eigenvalue weighted by Crippen LogP contribution is 2.18. The highest BCUT2D eigenvalue weighted by molar-refractivity contribution is 5.93. The first-order chi connectivity index (χ1) is 8.58. The van der Waals surface area contributed by atoms with E-state index in [0.717, 1.165) is 10.9 Å². The molecule has 1 heterocycles. The fraction of sp³-hybridized carbons (Fsp3) is 0.231. The summed E-state index contributed by atoms with van der Waals surface area (Å²) in [7, 11) is 0. The van der Waals surface area contributed by atoms with Gasteiger partial charge in [-0.3, -0.25) is 4.79 Å². The van der Waals surface area contributed by atoms with E-state index in [4.69, 9.17) is 10.8 Å². The van der Waals surface area contributed by atoms with Crippen molar-refractivity contribution in [1.82, 2.24) is 4.57 Å². The van der Waals surface area contributed by atoms with Gasteiger partial charge in [-0.25, -0.2) is 4.79 Å². The molecule has 18 heavy (non-hydrogen) atoms. The summed E-state index contributed by atoms with van der Waals surface area (Å²) in [5.74, 6) is -1.24. The van der Waals surface area contributed by atoms with Gasteiger partial charge in [0.05, 0.1) is 5.56 Å². The number of hydrogen-bond donors (Lipinski definition) is 2. The van der Waals surface area contributed by atoms with Gasteiger partial charge in [0, 0.05) is 30.1 Å². The number of carboxylic acids is 1. The lowest BCUT2D eigenvalue weighted by atomic mass is 10.1. The molecule has 0 fully saturated rings. The molecule has 1 aromatic heterocycles. The zero-order valence-electron chi connectivity index (χ0n) is 9.80. The number of rotatable bonds is 5. The molecule has 0 aliphatic heterocycles. The molecule has 2 aromatic rings. The predicted molar refractivity (Wildman–Crippen MR) is 67.3 cm³/mol. The zero-order chi connectivity index (χ0) is 13.1. The molecule has 0 atom stereocenters. The lowest BCUT2D eigenvalue weighted by Gasteiger charge is -2.04. The van der Waals surface area contributed by atoms with Crippen molar-refractivity contribution >= 4 is 22.8 Å². The number of carboxylic acid groups (broad SMARTS) is 1. The second-order valence-corrected chi connectivity index (χ2v) is 4.16. The van der Waals surface area contributed by atoms with Crippen molar-refractivity contribution in [2.75, 3.05) is 0 Å². The topological polar surface area (TPSA) is 85.3 Å². The minimum absolute atomic E-state index is 0.275. The molecule has 1 aromatic carbocycles. The van der Waals surface area contributed by atoms with Gasteiger partial charge in [0.1, 0.15) is 0 Å². The molecule has 0 bridgehead atoms. The third kappa shape index (κ3) is 2.51. The van der Waals surface area contributed by atoms with Gasteiger partial charge in [0.25, 0.3) is 0 Å². The van der Waals surface area contributed by atoms with Crippen molar-refractivity contribution in [3.63, 3.8) is 0 Å². The van der Waals surface area contributed by atoms with Gasteiger partial charge in [0.15, 0.2) is 0 Å². The second-order valence-electron chi connectivity index (χ2n) is 4.16. The van der Waals surface area contributed by atoms with Gasteiger partial charge in [-0.05, 0) is 30.7 Å². The molecule has 2 rings (SSSR count). The van der Waals surface area contributed by atoms with Crippen molar-refractivity contribution in [1.29, 1.82) is 0 Å². The summed E-state index contributed by atoms with van der Waals surface area (Å²) in [6.07, 6.45) is 2.92. The van der Waals surface area contributed by atoms with Crippen LogP contribution in [-0.2, 0) is 11.3 Å². The maximum atomic E-state index is 10.8. The highest BCUT2D eigenvalue weighted by atomic mass is 16.4. The quantitative estimate of drug-likeness (QED) is 0.840. The van der Waals surface area contributed by atoms with Crippen LogP contribution in [0.1, 0.15) is 23.2 Å². The molecule has 0 saturated heterocycles. The average Bonchev–Trinajstić information content (AvgIpc) is 2.71. The Hall–Kier alpha value is -2.30. The second kappa shape index (κ2) is 4.91. The lowest BCUT2D eigenvalue weighted by Crippen LogP contribution is -2.11. The van der Waals surface area contributed by atoms with E-state index >= 15 is 0 Å².